The summed E-state index contributed by atoms with van der Waals surface area (Å²) in [6.07, 6.45) is 2.95. The second-order valence-corrected chi connectivity index (χ2v) is 4.74. The first-order chi connectivity index (χ1) is 10.8. The van der Waals surface area contributed by atoms with E-state index in [1.807, 2.05) is 42.5 Å². The number of aromatic nitrogens is 2. The van der Waals surface area contributed by atoms with Crippen LogP contribution in [0.2, 0.25) is 0 Å². The van der Waals surface area contributed by atoms with Gasteiger partial charge in [0.15, 0.2) is 5.82 Å². The van der Waals surface area contributed by atoms with E-state index in [9.17, 15) is 0 Å². The normalized spacial score (nSPS) is 10.2. The Morgan fingerprint density at radius 1 is 1.05 bits per heavy atom. The number of rotatable bonds is 4. The largest absolute Gasteiger partial charge is 0.398 e. The van der Waals surface area contributed by atoms with Crippen LogP contribution in [0.4, 0.5) is 17.2 Å². The zero-order chi connectivity index (χ0) is 15.4. The van der Waals surface area contributed by atoms with Crippen LogP contribution in [0.15, 0.2) is 60.8 Å². The van der Waals surface area contributed by atoms with E-state index in [-0.39, 0.29) is 0 Å². The minimum atomic E-state index is 0.577. The number of nitrogens with one attached hydrogen (secondary N) is 2. The molecule has 3 aromatic rings. The number of nitrogens with two attached hydrogens (primary N) is 1. The van der Waals surface area contributed by atoms with E-state index in [0.717, 1.165) is 11.3 Å². The molecule has 2 aromatic carbocycles. The van der Waals surface area contributed by atoms with Crippen LogP contribution >= 0.6 is 0 Å². The lowest BCUT2D eigenvalue weighted by molar-refractivity contribution is 1.17. The molecule has 22 heavy (non-hydrogen) atoms. The molecule has 0 aliphatic heterocycles. The molecule has 0 spiro atoms. The molecule has 0 radical (unpaired) electrons. The molecule has 0 saturated heterocycles. The van der Waals surface area contributed by atoms with Crippen LogP contribution in [0.3, 0.4) is 0 Å². The summed E-state index contributed by atoms with van der Waals surface area (Å²) < 4.78 is 0. The van der Waals surface area contributed by atoms with E-state index in [0.29, 0.717) is 22.9 Å². The highest BCUT2D eigenvalue weighted by Gasteiger charge is 2.04. The molecule has 108 valence electrons. The third-order valence-electron chi connectivity index (χ3n) is 3.20. The summed E-state index contributed by atoms with van der Waals surface area (Å²) in [6.45, 7) is 0. The summed E-state index contributed by atoms with van der Waals surface area (Å²) in [5, 5.41) is 10.6. The van der Waals surface area contributed by atoms with Gasteiger partial charge in [0.05, 0.1) is 0 Å². The monoisotopic (exact) mass is 289 g/mol. The Morgan fingerprint density at radius 2 is 1.86 bits per heavy atom. The van der Waals surface area contributed by atoms with Crippen molar-refractivity contribution in [3.63, 3.8) is 0 Å². The van der Waals surface area contributed by atoms with Crippen molar-refractivity contribution in [3.05, 3.63) is 66.4 Å². The fourth-order valence-electron chi connectivity index (χ4n) is 2.08. The molecule has 4 N–H and O–H groups in total. The number of benzene rings is 2. The number of nitrogen functional groups attached to an aromatic ring is 1. The van der Waals surface area contributed by atoms with Crippen molar-refractivity contribution in [3.8, 4) is 11.4 Å². The summed E-state index contributed by atoms with van der Waals surface area (Å²) in [6, 6.07) is 17.0. The second kappa shape index (κ2) is 6.05. The van der Waals surface area contributed by atoms with Crippen LogP contribution in [0.25, 0.3) is 11.4 Å². The van der Waals surface area contributed by atoms with Crippen molar-refractivity contribution in [1.29, 1.82) is 5.41 Å². The minimum Gasteiger partial charge on any atom is -0.398 e. The van der Waals surface area contributed by atoms with Crippen molar-refractivity contribution in [2.45, 2.75) is 0 Å². The van der Waals surface area contributed by atoms with Gasteiger partial charge in [0.25, 0.3) is 0 Å². The molecular formula is C17H15N5. The lowest BCUT2D eigenvalue weighted by Gasteiger charge is -2.09. The van der Waals surface area contributed by atoms with Crippen molar-refractivity contribution >= 4 is 23.4 Å². The fourth-order valence-corrected chi connectivity index (χ4v) is 2.08. The maximum atomic E-state index is 7.35. The summed E-state index contributed by atoms with van der Waals surface area (Å²) in [5.41, 5.74) is 8.82. The first-order valence-corrected chi connectivity index (χ1v) is 6.82. The molecule has 0 atom stereocenters. The number of nitrogens with zero attached hydrogens (tertiary/aromatic N) is 2. The predicted octanol–water partition coefficient (Wildman–Crippen LogP) is 3.47. The average molecular weight is 289 g/mol. The minimum absolute atomic E-state index is 0.577. The quantitative estimate of drug-likeness (QED) is 0.507. The topological polar surface area (TPSA) is 87.7 Å². The summed E-state index contributed by atoms with van der Waals surface area (Å²) >= 11 is 0. The molecule has 5 nitrogen and oxygen atoms in total. The molecule has 0 unspecified atom stereocenters. The number of hydrogen-bond acceptors (Lipinski definition) is 5. The van der Waals surface area contributed by atoms with Crippen molar-refractivity contribution < 1.29 is 0 Å². The summed E-state index contributed by atoms with van der Waals surface area (Å²) in [4.78, 5) is 8.80. The molecule has 0 bridgehead atoms. The zero-order valence-electron chi connectivity index (χ0n) is 11.8. The molecule has 1 heterocycles. The first-order valence-electron chi connectivity index (χ1n) is 6.82. The van der Waals surface area contributed by atoms with Crippen LogP contribution in [-0.4, -0.2) is 16.2 Å². The van der Waals surface area contributed by atoms with E-state index >= 15 is 0 Å². The van der Waals surface area contributed by atoms with Gasteiger partial charge in [-0.3, -0.25) is 0 Å². The van der Waals surface area contributed by atoms with E-state index in [1.54, 1.807) is 18.3 Å². The number of hydrogen-bond donors (Lipinski definition) is 3. The van der Waals surface area contributed by atoms with Crippen LogP contribution in [0.1, 0.15) is 5.56 Å². The molecule has 0 aliphatic carbocycles. The Kier molecular flexibility index (Phi) is 3.78. The molecule has 1 aromatic heterocycles. The van der Waals surface area contributed by atoms with E-state index in [4.69, 9.17) is 11.1 Å². The highest BCUT2D eigenvalue weighted by Crippen LogP contribution is 2.21. The Hall–Kier alpha value is -3.21. The Balaban J connectivity index is 1.89. The SMILES string of the molecule is N=Cc1cc(Nc2ccnc(-c3ccccc3)n2)ccc1N. The van der Waals surface area contributed by atoms with Gasteiger partial charge in [-0.25, -0.2) is 9.97 Å². The Labute approximate surface area is 128 Å². The smallest absolute Gasteiger partial charge is 0.161 e. The summed E-state index contributed by atoms with van der Waals surface area (Å²) in [5.74, 6) is 1.35. The van der Waals surface area contributed by atoms with Gasteiger partial charge in [0.1, 0.15) is 5.82 Å². The lowest BCUT2D eigenvalue weighted by Crippen LogP contribution is -1.99. The zero-order valence-corrected chi connectivity index (χ0v) is 11.8. The van der Waals surface area contributed by atoms with Gasteiger partial charge >= 0.3 is 0 Å². The third-order valence-corrected chi connectivity index (χ3v) is 3.20. The fraction of sp³-hybridized carbons (Fsp3) is 0. The van der Waals surface area contributed by atoms with E-state index in [2.05, 4.69) is 15.3 Å². The van der Waals surface area contributed by atoms with Crippen molar-refractivity contribution in [2.24, 2.45) is 0 Å². The lowest BCUT2D eigenvalue weighted by atomic mass is 10.1. The highest BCUT2D eigenvalue weighted by molar-refractivity contribution is 5.87. The van der Waals surface area contributed by atoms with Crippen LogP contribution in [0.5, 0.6) is 0 Å². The average Bonchev–Trinajstić information content (AvgIpc) is 2.58. The molecule has 0 aliphatic rings. The van der Waals surface area contributed by atoms with Gasteiger partial charge in [0, 0.05) is 34.9 Å². The standard InChI is InChI=1S/C17H15N5/c18-11-13-10-14(6-7-15(13)19)21-16-8-9-20-17(22-16)12-4-2-1-3-5-12/h1-11,18H,19H2,(H,20,21,22). The molecule has 0 fully saturated rings. The third kappa shape index (κ3) is 2.93. The maximum Gasteiger partial charge on any atom is 0.161 e. The van der Waals surface area contributed by atoms with E-state index in [1.165, 1.54) is 6.21 Å². The van der Waals surface area contributed by atoms with E-state index < -0.39 is 0 Å². The summed E-state index contributed by atoms with van der Waals surface area (Å²) in [7, 11) is 0. The van der Waals surface area contributed by atoms with Crippen LogP contribution < -0.4 is 11.1 Å². The Bertz CT molecular complexity index is 799. The van der Waals surface area contributed by atoms with Crippen molar-refractivity contribution in [2.75, 3.05) is 11.1 Å². The van der Waals surface area contributed by atoms with Gasteiger partial charge in [-0.1, -0.05) is 30.3 Å². The van der Waals surface area contributed by atoms with Gasteiger partial charge < -0.3 is 16.5 Å². The molecule has 0 saturated carbocycles. The first kappa shape index (κ1) is 13.8. The maximum absolute atomic E-state index is 7.35. The van der Waals surface area contributed by atoms with Gasteiger partial charge in [0.2, 0.25) is 0 Å². The van der Waals surface area contributed by atoms with Gasteiger partial charge in [-0.15, -0.1) is 0 Å². The molecule has 3 rings (SSSR count). The van der Waals surface area contributed by atoms with Gasteiger partial charge in [-0.2, -0.15) is 0 Å². The predicted molar refractivity (Wildman–Crippen MR) is 89.5 cm³/mol. The Morgan fingerprint density at radius 3 is 2.64 bits per heavy atom. The van der Waals surface area contributed by atoms with Crippen LogP contribution in [0, 0.1) is 5.41 Å². The second-order valence-electron chi connectivity index (χ2n) is 4.74. The van der Waals surface area contributed by atoms with Crippen LogP contribution in [-0.2, 0) is 0 Å². The van der Waals surface area contributed by atoms with Crippen molar-refractivity contribution in [1.82, 2.24) is 9.97 Å². The highest BCUT2D eigenvalue weighted by atomic mass is 15.0. The molecule has 5 heteroatoms. The molecule has 0 amide bonds. The van der Waals surface area contributed by atoms with Gasteiger partial charge in [-0.05, 0) is 24.3 Å². The number of anilines is 3. The molecular weight excluding hydrogens is 274 g/mol.